The van der Waals surface area contributed by atoms with Gasteiger partial charge in [-0.1, -0.05) is 6.58 Å². The molecule has 0 atom stereocenters. The number of amides is 1. The van der Waals surface area contributed by atoms with Gasteiger partial charge in [-0.15, -0.1) is 0 Å². The van der Waals surface area contributed by atoms with E-state index >= 15 is 0 Å². The minimum absolute atomic E-state index is 0.116. The van der Waals surface area contributed by atoms with Gasteiger partial charge in [-0.25, -0.2) is 0 Å². The van der Waals surface area contributed by atoms with Crippen molar-refractivity contribution in [1.82, 2.24) is 4.90 Å². The van der Waals surface area contributed by atoms with E-state index in [4.69, 9.17) is 0 Å². The standard InChI is InChI=1S/C14H13F3N2O3/c1-8(2)11-5-10-7-18(13(20)14(15,16)17)4-3-9(10)6-12(11)19(21)22/h5-6H,1,3-4,7H2,2H3. The van der Waals surface area contributed by atoms with E-state index in [2.05, 4.69) is 6.58 Å². The fourth-order valence-corrected chi connectivity index (χ4v) is 2.44. The number of rotatable bonds is 2. The highest BCUT2D eigenvalue weighted by atomic mass is 19.4. The van der Waals surface area contributed by atoms with Crippen molar-refractivity contribution in [3.8, 4) is 0 Å². The Hall–Kier alpha value is -2.38. The van der Waals surface area contributed by atoms with Gasteiger partial charge in [0.25, 0.3) is 5.69 Å². The van der Waals surface area contributed by atoms with Crippen molar-refractivity contribution in [2.45, 2.75) is 26.1 Å². The van der Waals surface area contributed by atoms with Gasteiger partial charge in [0, 0.05) is 19.2 Å². The molecule has 118 valence electrons. The van der Waals surface area contributed by atoms with Gasteiger partial charge in [0.1, 0.15) is 0 Å². The zero-order valence-electron chi connectivity index (χ0n) is 11.7. The Morgan fingerprint density at radius 3 is 2.50 bits per heavy atom. The quantitative estimate of drug-likeness (QED) is 0.622. The summed E-state index contributed by atoms with van der Waals surface area (Å²) in [5.74, 6) is -1.90. The van der Waals surface area contributed by atoms with Gasteiger partial charge in [0.15, 0.2) is 0 Å². The van der Waals surface area contributed by atoms with E-state index in [1.807, 2.05) is 0 Å². The van der Waals surface area contributed by atoms with E-state index in [0.717, 1.165) is 0 Å². The summed E-state index contributed by atoms with van der Waals surface area (Å²) in [7, 11) is 0. The predicted molar refractivity (Wildman–Crippen MR) is 73.0 cm³/mol. The van der Waals surface area contributed by atoms with Crippen LogP contribution in [0.5, 0.6) is 0 Å². The molecule has 0 aromatic heterocycles. The third-order valence-electron chi connectivity index (χ3n) is 3.52. The van der Waals surface area contributed by atoms with Crippen molar-refractivity contribution in [2.75, 3.05) is 6.54 Å². The number of carbonyl (C=O) groups excluding carboxylic acids is 1. The highest BCUT2D eigenvalue weighted by Gasteiger charge is 2.43. The zero-order valence-corrected chi connectivity index (χ0v) is 11.7. The summed E-state index contributed by atoms with van der Waals surface area (Å²) in [6.45, 7) is 4.89. The molecule has 0 saturated carbocycles. The molecule has 0 radical (unpaired) electrons. The monoisotopic (exact) mass is 314 g/mol. The number of fused-ring (bicyclic) bond motifs is 1. The fraction of sp³-hybridized carbons (Fsp3) is 0.357. The van der Waals surface area contributed by atoms with E-state index in [9.17, 15) is 28.1 Å². The average Bonchev–Trinajstić information content (AvgIpc) is 2.43. The Labute approximate surface area is 124 Å². The Bertz CT molecular complexity index is 668. The molecule has 8 heteroatoms. The van der Waals surface area contributed by atoms with Crippen LogP contribution in [0.25, 0.3) is 5.57 Å². The maximum atomic E-state index is 12.5. The zero-order chi connectivity index (χ0) is 16.7. The topological polar surface area (TPSA) is 63.5 Å². The molecule has 0 fully saturated rings. The first-order chi connectivity index (χ1) is 10.1. The number of carbonyl (C=O) groups is 1. The molecule has 5 nitrogen and oxygen atoms in total. The van der Waals surface area contributed by atoms with Crippen LogP contribution in [0.15, 0.2) is 18.7 Å². The molecule has 2 rings (SSSR count). The maximum Gasteiger partial charge on any atom is 0.471 e. The molecule has 0 spiro atoms. The second kappa shape index (κ2) is 5.43. The predicted octanol–water partition coefficient (Wildman–Crippen LogP) is 3.07. The molecule has 1 amide bonds. The molecule has 1 heterocycles. The van der Waals surface area contributed by atoms with E-state index in [1.165, 1.54) is 12.1 Å². The number of hydrogen-bond acceptors (Lipinski definition) is 3. The summed E-state index contributed by atoms with van der Waals surface area (Å²) in [5, 5.41) is 11.1. The van der Waals surface area contributed by atoms with Crippen LogP contribution in [0.4, 0.5) is 18.9 Å². The molecular formula is C14H13F3N2O3. The number of nitro benzene ring substituents is 1. The van der Waals surface area contributed by atoms with Crippen molar-refractivity contribution in [3.63, 3.8) is 0 Å². The van der Waals surface area contributed by atoms with Crippen LogP contribution < -0.4 is 0 Å². The maximum absolute atomic E-state index is 12.5. The number of benzene rings is 1. The van der Waals surface area contributed by atoms with Crippen LogP contribution in [0.3, 0.4) is 0 Å². The van der Waals surface area contributed by atoms with Gasteiger partial charge >= 0.3 is 12.1 Å². The number of hydrogen-bond donors (Lipinski definition) is 0. The number of alkyl halides is 3. The van der Waals surface area contributed by atoms with Gasteiger partial charge in [0.2, 0.25) is 0 Å². The lowest BCUT2D eigenvalue weighted by Crippen LogP contribution is -2.43. The van der Waals surface area contributed by atoms with E-state index in [1.54, 1.807) is 6.92 Å². The highest BCUT2D eigenvalue weighted by molar-refractivity contribution is 5.82. The van der Waals surface area contributed by atoms with Crippen molar-refractivity contribution in [1.29, 1.82) is 0 Å². The summed E-state index contributed by atoms with van der Waals surface area (Å²) in [4.78, 5) is 22.5. The Balaban J connectivity index is 2.40. The molecule has 0 saturated heterocycles. The van der Waals surface area contributed by atoms with Crippen LogP contribution in [0.1, 0.15) is 23.6 Å². The second-order valence-corrected chi connectivity index (χ2v) is 5.15. The molecule has 1 aliphatic heterocycles. The average molecular weight is 314 g/mol. The molecule has 1 aliphatic rings. The van der Waals surface area contributed by atoms with Crippen LogP contribution in [-0.4, -0.2) is 28.5 Å². The molecule has 0 aliphatic carbocycles. The van der Waals surface area contributed by atoms with Crippen molar-refractivity contribution >= 4 is 17.2 Å². The lowest BCUT2D eigenvalue weighted by atomic mass is 9.94. The van der Waals surface area contributed by atoms with Crippen molar-refractivity contribution in [2.24, 2.45) is 0 Å². The highest BCUT2D eigenvalue weighted by Crippen LogP contribution is 2.32. The molecule has 0 unspecified atom stereocenters. The van der Waals surface area contributed by atoms with E-state index in [-0.39, 0.29) is 30.8 Å². The summed E-state index contributed by atoms with van der Waals surface area (Å²) < 4.78 is 37.5. The minimum atomic E-state index is -4.92. The van der Waals surface area contributed by atoms with E-state index in [0.29, 0.717) is 21.6 Å². The molecule has 1 aromatic rings. The first-order valence-corrected chi connectivity index (χ1v) is 6.43. The summed E-state index contributed by atoms with van der Waals surface area (Å²) in [6.07, 6.45) is -4.77. The van der Waals surface area contributed by atoms with Crippen LogP contribution >= 0.6 is 0 Å². The molecule has 22 heavy (non-hydrogen) atoms. The number of allylic oxidation sites excluding steroid dienone is 1. The normalized spacial score (nSPS) is 14.5. The molecular weight excluding hydrogens is 301 g/mol. The van der Waals surface area contributed by atoms with Gasteiger partial charge in [-0.2, -0.15) is 13.2 Å². The molecule has 1 aromatic carbocycles. The van der Waals surface area contributed by atoms with Gasteiger partial charge in [0.05, 0.1) is 10.5 Å². The third-order valence-corrected chi connectivity index (χ3v) is 3.52. The fourth-order valence-electron chi connectivity index (χ4n) is 2.44. The van der Waals surface area contributed by atoms with Crippen molar-refractivity contribution < 1.29 is 22.9 Å². The summed E-state index contributed by atoms with van der Waals surface area (Å²) in [5.41, 5.74) is 1.65. The first-order valence-electron chi connectivity index (χ1n) is 6.43. The first kappa shape index (κ1) is 16.0. The van der Waals surface area contributed by atoms with Crippen LogP contribution in [0, 0.1) is 10.1 Å². The van der Waals surface area contributed by atoms with Crippen LogP contribution in [-0.2, 0) is 17.8 Å². The smallest absolute Gasteiger partial charge is 0.330 e. The number of halogens is 3. The Morgan fingerprint density at radius 2 is 2.00 bits per heavy atom. The lowest BCUT2D eigenvalue weighted by Gasteiger charge is -2.29. The minimum Gasteiger partial charge on any atom is -0.330 e. The van der Waals surface area contributed by atoms with Crippen molar-refractivity contribution in [3.05, 3.63) is 45.5 Å². The SMILES string of the molecule is C=C(C)c1cc2c(cc1[N+](=O)[O-])CCN(C(=O)C(F)(F)F)C2. The number of nitro groups is 1. The van der Waals surface area contributed by atoms with Gasteiger partial charge in [-0.3, -0.25) is 14.9 Å². The Kier molecular flexibility index (Phi) is 3.95. The molecule has 0 N–H and O–H groups in total. The van der Waals surface area contributed by atoms with E-state index < -0.39 is 17.0 Å². The number of nitrogens with zero attached hydrogens (tertiary/aromatic N) is 2. The Morgan fingerprint density at radius 1 is 1.36 bits per heavy atom. The van der Waals surface area contributed by atoms with Gasteiger partial charge < -0.3 is 4.90 Å². The van der Waals surface area contributed by atoms with Crippen LogP contribution in [0.2, 0.25) is 0 Å². The summed E-state index contributed by atoms with van der Waals surface area (Å²) >= 11 is 0. The largest absolute Gasteiger partial charge is 0.471 e. The third kappa shape index (κ3) is 2.95. The summed E-state index contributed by atoms with van der Waals surface area (Å²) in [6, 6.07) is 2.81. The molecule has 0 bridgehead atoms. The second-order valence-electron chi connectivity index (χ2n) is 5.15. The van der Waals surface area contributed by atoms with Gasteiger partial charge in [-0.05, 0) is 36.1 Å². The lowest BCUT2D eigenvalue weighted by molar-refractivity contribution is -0.385.